The summed E-state index contributed by atoms with van der Waals surface area (Å²) in [5, 5.41) is 8.47. The Morgan fingerprint density at radius 3 is 2.29 bits per heavy atom. The van der Waals surface area contributed by atoms with Crippen LogP contribution in [0.3, 0.4) is 0 Å². The van der Waals surface area contributed by atoms with Crippen LogP contribution < -0.4 is 0 Å². The fourth-order valence-electron chi connectivity index (χ4n) is 0.295. The lowest BCUT2D eigenvalue weighted by Crippen LogP contribution is -2.13. The molecule has 0 spiro atoms. The van der Waals surface area contributed by atoms with Gasteiger partial charge in [0.05, 0.1) is 0 Å². The number of aliphatic hydroxyl groups excluding tert-OH is 1. The Hall–Kier alpha value is -0.370. The number of hydrogen-bond donors (Lipinski definition) is 1. The van der Waals surface area contributed by atoms with Crippen LogP contribution >= 0.6 is 0 Å². The predicted molar refractivity (Wildman–Crippen MR) is 27.0 cm³/mol. The molecule has 0 aliphatic carbocycles. The van der Waals surface area contributed by atoms with Crippen LogP contribution in [-0.4, -0.2) is 17.0 Å². The van der Waals surface area contributed by atoms with Crippen molar-refractivity contribution < 1.29 is 9.90 Å². The zero-order chi connectivity index (χ0) is 5.86. The first-order valence-corrected chi connectivity index (χ1v) is 2.39. The molecule has 0 bridgehead atoms. The molecule has 0 aliphatic heterocycles. The summed E-state index contributed by atoms with van der Waals surface area (Å²) >= 11 is 0. The molecule has 7 heavy (non-hydrogen) atoms. The van der Waals surface area contributed by atoms with E-state index >= 15 is 0 Å². The monoisotopic (exact) mass is 102 g/mol. The first-order chi connectivity index (χ1) is 3.18. The van der Waals surface area contributed by atoms with Crippen LogP contribution in [0.15, 0.2) is 0 Å². The average molecular weight is 102 g/mol. The third kappa shape index (κ3) is 2.34. The summed E-state index contributed by atoms with van der Waals surface area (Å²) < 4.78 is 0. The number of rotatable bonds is 2. The number of carbonyl (C=O) groups excluding carboxylic acids is 1. The Morgan fingerprint density at radius 1 is 1.86 bits per heavy atom. The number of Topliss-reactive ketones (excluding diaryl/α,β-unsaturated/α-hetero) is 1. The Morgan fingerprint density at radius 2 is 2.29 bits per heavy atom. The van der Waals surface area contributed by atoms with Crippen molar-refractivity contribution >= 4 is 5.78 Å². The second-order valence-electron chi connectivity index (χ2n) is 1.50. The van der Waals surface area contributed by atoms with Crippen LogP contribution in [0.5, 0.6) is 0 Å². The highest BCUT2D eigenvalue weighted by molar-refractivity contribution is 5.81. The summed E-state index contributed by atoms with van der Waals surface area (Å²) in [5.41, 5.74) is 0. The van der Waals surface area contributed by atoms with Gasteiger partial charge < -0.3 is 5.11 Å². The molecule has 42 valence electrons. The maximum absolute atomic E-state index is 10.3. The van der Waals surface area contributed by atoms with Gasteiger partial charge in [-0.05, 0) is 6.92 Å². The lowest BCUT2D eigenvalue weighted by Gasteiger charge is -1.95. The molecule has 0 heterocycles. The Kier molecular flexibility index (Phi) is 2.60. The van der Waals surface area contributed by atoms with Crippen LogP contribution in [0.1, 0.15) is 20.3 Å². The van der Waals surface area contributed by atoms with Crippen LogP contribution in [0.25, 0.3) is 0 Å². The summed E-state index contributed by atoms with van der Waals surface area (Å²) in [7, 11) is 0. The number of carbonyl (C=O) groups is 1. The molecule has 0 saturated carbocycles. The fraction of sp³-hybridized carbons (Fsp3) is 0.800. The van der Waals surface area contributed by atoms with E-state index in [0.29, 0.717) is 6.42 Å². The zero-order valence-electron chi connectivity index (χ0n) is 4.64. The lowest BCUT2D eigenvalue weighted by molar-refractivity contribution is -0.125. The van der Waals surface area contributed by atoms with Gasteiger partial charge in [0.1, 0.15) is 6.10 Å². The van der Waals surface area contributed by atoms with Gasteiger partial charge >= 0.3 is 0 Å². The fourth-order valence-corrected chi connectivity index (χ4v) is 0.295. The van der Waals surface area contributed by atoms with Gasteiger partial charge in [-0.15, -0.1) is 0 Å². The van der Waals surface area contributed by atoms with Crippen LogP contribution in [0.4, 0.5) is 0 Å². The summed E-state index contributed by atoms with van der Waals surface area (Å²) in [5.74, 6) is -0.0972. The van der Waals surface area contributed by atoms with E-state index in [-0.39, 0.29) is 5.78 Å². The highest BCUT2D eigenvalue weighted by atomic mass is 16.3. The smallest absolute Gasteiger partial charge is 0.160 e. The Bertz CT molecular complexity index is 66.5. The highest BCUT2D eigenvalue weighted by Crippen LogP contribution is 1.86. The minimum atomic E-state index is -0.773. The second-order valence-corrected chi connectivity index (χ2v) is 1.50. The van der Waals surface area contributed by atoms with Gasteiger partial charge in [-0.1, -0.05) is 6.92 Å². The molecule has 0 aromatic carbocycles. The third-order valence-electron chi connectivity index (χ3n) is 0.814. The largest absolute Gasteiger partial charge is 0.386 e. The first-order valence-electron chi connectivity index (χ1n) is 2.39. The molecular weight excluding hydrogens is 92.1 g/mol. The number of hydrogen-bond acceptors (Lipinski definition) is 2. The molecule has 1 atom stereocenters. The summed E-state index contributed by atoms with van der Waals surface area (Å²) in [6.07, 6.45) is -0.345. The van der Waals surface area contributed by atoms with Crippen molar-refractivity contribution in [2.24, 2.45) is 0 Å². The van der Waals surface area contributed by atoms with Crippen LogP contribution in [0.2, 0.25) is 0 Å². The van der Waals surface area contributed by atoms with Gasteiger partial charge in [-0.3, -0.25) is 4.79 Å². The average Bonchev–Trinajstić information content (AvgIpc) is 1.65. The molecule has 0 aromatic heterocycles. The van der Waals surface area contributed by atoms with E-state index in [1.807, 2.05) is 0 Å². The molecule has 0 fully saturated rings. The molecule has 0 aromatic rings. The van der Waals surface area contributed by atoms with Crippen LogP contribution in [-0.2, 0) is 4.79 Å². The normalized spacial score (nSPS) is 13.6. The predicted octanol–water partition coefficient (Wildman–Crippen LogP) is 0.346. The highest BCUT2D eigenvalue weighted by Gasteiger charge is 2.02. The van der Waals surface area contributed by atoms with Gasteiger partial charge in [0.25, 0.3) is 0 Å². The molecular formula is C5H10O2. The van der Waals surface area contributed by atoms with Crippen molar-refractivity contribution in [2.45, 2.75) is 26.4 Å². The van der Waals surface area contributed by atoms with Gasteiger partial charge in [0.2, 0.25) is 0 Å². The molecule has 0 radical (unpaired) electrons. The van der Waals surface area contributed by atoms with Crippen molar-refractivity contribution in [3.8, 4) is 0 Å². The maximum Gasteiger partial charge on any atom is 0.160 e. The van der Waals surface area contributed by atoms with Crippen molar-refractivity contribution in [3.05, 3.63) is 0 Å². The molecule has 0 unspecified atom stereocenters. The lowest BCUT2D eigenvalue weighted by atomic mass is 10.2. The SMILES string of the molecule is CCC(=O)[C@H](C)O. The Balaban J connectivity index is 3.35. The maximum atomic E-state index is 10.3. The van der Waals surface area contributed by atoms with E-state index in [2.05, 4.69) is 0 Å². The molecule has 0 amide bonds. The topological polar surface area (TPSA) is 37.3 Å². The van der Waals surface area contributed by atoms with E-state index in [1.165, 1.54) is 6.92 Å². The summed E-state index contributed by atoms with van der Waals surface area (Å²) in [4.78, 5) is 10.3. The second kappa shape index (κ2) is 2.75. The number of aliphatic hydroxyl groups is 1. The zero-order valence-corrected chi connectivity index (χ0v) is 4.64. The van der Waals surface area contributed by atoms with Crippen LogP contribution in [0, 0.1) is 0 Å². The van der Waals surface area contributed by atoms with Gasteiger partial charge in [-0.25, -0.2) is 0 Å². The first kappa shape index (κ1) is 6.63. The standard InChI is InChI=1S/C5H10O2/c1-3-5(7)4(2)6/h4,6H,3H2,1-2H3/t4-/m0/s1. The van der Waals surface area contributed by atoms with Crippen molar-refractivity contribution in [1.82, 2.24) is 0 Å². The minimum absolute atomic E-state index is 0.0972. The van der Waals surface area contributed by atoms with Gasteiger partial charge in [0, 0.05) is 6.42 Å². The quantitative estimate of drug-likeness (QED) is 0.546. The Labute approximate surface area is 43.2 Å². The van der Waals surface area contributed by atoms with Gasteiger partial charge in [-0.2, -0.15) is 0 Å². The molecule has 2 nitrogen and oxygen atoms in total. The molecule has 1 N–H and O–H groups in total. The van der Waals surface area contributed by atoms with E-state index in [4.69, 9.17) is 5.11 Å². The van der Waals surface area contributed by atoms with Gasteiger partial charge in [0.15, 0.2) is 5.78 Å². The molecule has 0 aliphatic rings. The van der Waals surface area contributed by atoms with Crippen molar-refractivity contribution in [2.75, 3.05) is 0 Å². The van der Waals surface area contributed by atoms with E-state index < -0.39 is 6.10 Å². The molecule has 0 saturated heterocycles. The minimum Gasteiger partial charge on any atom is -0.386 e. The molecule has 2 heteroatoms. The third-order valence-corrected chi connectivity index (χ3v) is 0.814. The number of ketones is 1. The van der Waals surface area contributed by atoms with E-state index in [9.17, 15) is 4.79 Å². The van der Waals surface area contributed by atoms with E-state index in [0.717, 1.165) is 0 Å². The summed E-state index contributed by atoms with van der Waals surface area (Å²) in [6.45, 7) is 3.21. The summed E-state index contributed by atoms with van der Waals surface area (Å²) in [6, 6.07) is 0. The van der Waals surface area contributed by atoms with Crippen molar-refractivity contribution in [1.29, 1.82) is 0 Å². The van der Waals surface area contributed by atoms with Crippen molar-refractivity contribution in [3.63, 3.8) is 0 Å². The molecule has 0 rings (SSSR count). The van der Waals surface area contributed by atoms with E-state index in [1.54, 1.807) is 6.92 Å².